The molecule has 18 heavy (non-hydrogen) atoms. The van der Waals surface area contributed by atoms with Gasteiger partial charge in [-0.2, -0.15) is 5.26 Å². The monoisotopic (exact) mass is 245 g/mol. The molecule has 0 bridgehead atoms. The number of hydrogen-bond donors (Lipinski definition) is 1. The fourth-order valence-corrected chi connectivity index (χ4v) is 1.55. The second kappa shape index (κ2) is 5.87. The fourth-order valence-electron chi connectivity index (χ4n) is 1.55. The Kier molecular flexibility index (Phi) is 4.50. The van der Waals surface area contributed by atoms with E-state index in [0.29, 0.717) is 5.56 Å². The summed E-state index contributed by atoms with van der Waals surface area (Å²) in [6.07, 6.45) is 0. The molecule has 1 aromatic rings. The van der Waals surface area contributed by atoms with Crippen LogP contribution in [0.15, 0.2) is 24.0 Å². The van der Waals surface area contributed by atoms with Crippen LogP contribution in [0.5, 0.6) is 0 Å². The van der Waals surface area contributed by atoms with Crippen molar-refractivity contribution >= 4 is 11.5 Å². The van der Waals surface area contributed by atoms with Gasteiger partial charge in [-0.05, 0) is 31.9 Å². The van der Waals surface area contributed by atoms with Crippen molar-refractivity contribution in [1.82, 2.24) is 0 Å². The number of allylic oxidation sites excluding steroid dienone is 1. The second-order valence-electron chi connectivity index (χ2n) is 3.87. The molecule has 0 aliphatic rings. The highest BCUT2D eigenvalue weighted by atomic mass is 16.5. The molecular weight excluding hydrogens is 230 g/mol. The number of carbonyl (C=O) groups is 1. The molecule has 0 atom stereocenters. The van der Waals surface area contributed by atoms with Crippen molar-refractivity contribution in [2.45, 2.75) is 20.8 Å². The van der Waals surface area contributed by atoms with Crippen molar-refractivity contribution in [3.05, 3.63) is 40.6 Å². The van der Waals surface area contributed by atoms with Crippen molar-refractivity contribution < 1.29 is 14.6 Å². The fraction of sp³-hybridized carbons (Fsp3) is 0.286. The number of ether oxygens (including phenoxy) is 1. The number of nitrogens with zero attached hydrogens (tertiary/aromatic N) is 1. The zero-order valence-corrected chi connectivity index (χ0v) is 10.7. The molecule has 0 aromatic heterocycles. The average Bonchev–Trinajstić information content (AvgIpc) is 2.34. The van der Waals surface area contributed by atoms with E-state index in [2.05, 4.69) is 4.74 Å². The number of aliphatic hydroxyl groups is 1. The van der Waals surface area contributed by atoms with Gasteiger partial charge in [0.25, 0.3) is 0 Å². The molecule has 0 saturated carbocycles. The minimum Gasteiger partial charge on any atom is -0.501 e. The van der Waals surface area contributed by atoms with Crippen molar-refractivity contribution in [3.8, 4) is 6.07 Å². The van der Waals surface area contributed by atoms with Crippen LogP contribution in [-0.2, 0) is 9.53 Å². The first-order valence-corrected chi connectivity index (χ1v) is 5.59. The van der Waals surface area contributed by atoms with Gasteiger partial charge >= 0.3 is 5.97 Å². The molecule has 0 heterocycles. The van der Waals surface area contributed by atoms with Crippen LogP contribution in [0.4, 0.5) is 0 Å². The van der Waals surface area contributed by atoms with E-state index in [1.54, 1.807) is 13.0 Å². The third-order valence-electron chi connectivity index (χ3n) is 2.48. The van der Waals surface area contributed by atoms with Gasteiger partial charge in [0.1, 0.15) is 11.6 Å². The summed E-state index contributed by atoms with van der Waals surface area (Å²) in [6.45, 7) is 5.47. The Morgan fingerprint density at radius 3 is 2.67 bits per heavy atom. The molecule has 4 nitrogen and oxygen atoms in total. The Labute approximate surface area is 106 Å². The zero-order valence-electron chi connectivity index (χ0n) is 10.7. The molecule has 0 radical (unpaired) electrons. The van der Waals surface area contributed by atoms with Crippen molar-refractivity contribution in [1.29, 1.82) is 5.26 Å². The second-order valence-corrected chi connectivity index (χ2v) is 3.87. The number of aliphatic hydroxyl groups excluding tert-OH is 1. The lowest BCUT2D eigenvalue weighted by Crippen LogP contribution is -2.09. The maximum atomic E-state index is 11.4. The van der Waals surface area contributed by atoms with Crippen LogP contribution in [0.1, 0.15) is 23.6 Å². The van der Waals surface area contributed by atoms with Crippen LogP contribution >= 0.6 is 0 Å². The SMILES string of the molecule is CCOC(=O)/C(O)=C(/C#N)c1cc(C)ccc1C. The molecule has 1 aromatic carbocycles. The van der Waals surface area contributed by atoms with Gasteiger partial charge < -0.3 is 9.84 Å². The Balaban J connectivity index is 3.34. The van der Waals surface area contributed by atoms with E-state index in [1.165, 1.54) is 0 Å². The third-order valence-corrected chi connectivity index (χ3v) is 2.48. The average molecular weight is 245 g/mol. The lowest BCUT2D eigenvalue weighted by molar-refractivity contribution is -0.141. The van der Waals surface area contributed by atoms with Gasteiger partial charge in [0.15, 0.2) is 0 Å². The summed E-state index contributed by atoms with van der Waals surface area (Å²) in [5.74, 6) is -1.52. The summed E-state index contributed by atoms with van der Waals surface area (Å²) in [7, 11) is 0. The highest BCUT2D eigenvalue weighted by Crippen LogP contribution is 2.22. The summed E-state index contributed by atoms with van der Waals surface area (Å²) in [5.41, 5.74) is 2.24. The van der Waals surface area contributed by atoms with Crippen LogP contribution in [0.3, 0.4) is 0 Å². The largest absolute Gasteiger partial charge is 0.501 e. The standard InChI is InChI=1S/C14H15NO3/c1-4-18-14(17)13(16)12(8-15)11-7-9(2)5-6-10(11)3/h5-7,16H,4H2,1-3H3/b13-12+. The molecule has 0 spiro atoms. The first-order chi connectivity index (χ1) is 8.51. The number of hydrogen-bond acceptors (Lipinski definition) is 4. The number of rotatable bonds is 3. The Bertz CT molecular complexity index is 538. The van der Waals surface area contributed by atoms with Gasteiger partial charge in [-0.3, -0.25) is 0 Å². The minimum absolute atomic E-state index is 0.0605. The maximum Gasteiger partial charge on any atom is 0.374 e. The highest BCUT2D eigenvalue weighted by Gasteiger charge is 2.18. The predicted molar refractivity (Wildman–Crippen MR) is 67.7 cm³/mol. The summed E-state index contributed by atoms with van der Waals surface area (Å²) in [4.78, 5) is 11.4. The van der Waals surface area contributed by atoms with Gasteiger partial charge in [0.05, 0.1) is 6.61 Å². The van der Waals surface area contributed by atoms with Crippen LogP contribution in [0, 0.1) is 25.2 Å². The minimum atomic E-state index is -0.880. The highest BCUT2D eigenvalue weighted by molar-refractivity contribution is 5.99. The first kappa shape index (κ1) is 13.8. The zero-order chi connectivity index (χ0) is 13.7. The van der Waals surface area contributed by atoms with E-state index in [-0.39, 0.29) is 12.2 Å². The van der Waals surface area contributed by atoms with Crippen LogP contribution < -0.4 is 0 Å². The topological polar surface area (TPSA) is 70.3 Å². The van der Waals surface area contributed by atoms with Crippen LogP contribution in [0.2, 0.25) is 0 Å². The molecule has 0 saturated heterocycles. The van der Waals surface area contributed by atoms with Crippen LogP contribution in [0.25, 0.3) is 5.57 Å². The Morgan fingerprint density at radius 2 is 2.11 bits per heavy atom. The van der Waals surface area contributed by atoms with E-state index in [9.17, 15) is 9.90 Å². The van der Waals surface area contributed by atoms with Gasteiger partial charge in [-0.25, -0.2) is 4.79 Å². The lowest BCUT2D eigenvalue weighted by atomic mass is 9.98. The van der Waals surface area contributed by atoms with Gasteiger partial charge in [-0.15, -0.1) is 0 Å². The summed E-state index contributed by atoms with van der Waals surface area (Å²) in [5, 5.41) is 18.9. The molecule has 4 heteroatoms. The van der Waals surface area contributed by atoms with Crippen molar-refractivity contribution in [2.75, 3.05) is 6.61 Å². The smallest absolute Gasteiger partial charge is 0.374 e. The molecule has 0 aliphatic heterocycles. The summed E-state index contributed by atoms with van der Waals surface area (Å²) < 4.78 is 4.68. The summed E-state index contributed by atoms with van der Waals surface area (Å²) >= 11 is 0. The van der Waals surface area contributed by atoms with E-state index in [1.807, 2.05) is 32.0 Å². The van der Waals surface area contributed by atoms with E-state index in [0.717, 1.165) is 11.1 Å². The molecule has 94 valence electrons. The molecule has 0 unspecified atom stereocenters. The Hall–Kier alpha value is -2.28. The summed E-state index contributed by atoms with van der Waals surface area (Å²) in [6, 6.07) is 7.34. The van der Waals surface area contributed by atoms with E-state index in [4.69, 9.17) is 5.26 Å². The Morgan fingerprint density at radius 1 is 1.44 bits per heavy atom. The predicted octanol–water partition coefficient (Wildman–Crippen LogP) is 2.66. The van der Waals surface area contributed by atoms with Crippen molar-refractivity contribution in [3.63, 3.8) is 0 Å². The van der Waals surface area contributed by atoms with Crippen LogP contribution in [-0.4, -0.2) is 17.7 Å². The van der Waals surface area contributed by atoms with E-state index < -0.39 is 11.7 Å². The van der Waals surface area contributed by atoms with Gasteiger partial charge in [0, 0.05) is 0 Å². The lowest BCUT2D eigenvalue weighted by Gasteiger charge is -2.08. The normalized spacial score (nSPS) is 11.4. The number of benzene rings is 1. The number of nitriles is 1. The number of carbonyl (C=O) groups excluding carboxylic acids is 1. The molecule has 0 fully saturated rings. The quantitative estimate of drug-likeness (QED) is 0.384. The van der Waals surface area contributed by atoms with Gasteiger partial charge in [0.2, 0.25) is 5.76 Å². The van der Waals surface area contributed by atoms with Crippen molar-refractivity contribution in [2.24, 2.45) is 0 Å². The van der Waals surface area contributed by atoms with E-state index >= 15 is 0 Å². The molecular formula is C14H15NO3. The molecule has 1 N–H and O–H groups in total. The third kappa shape index (κ3) is 2.89. The molecule has 0 aliphatic carbocycles. The van der Waals surface area contributed by atoms with Gasteiger partial charge in [-0.1, -0.05) is 23.8 Å². The maximum absolute atomic E-state index is 11.4. The number of aryl methyl sites for hydroxylation is 2. The first-order valence-electron chi connectivity index (χ1n) is 5.59. The molecule has 0 amide bonds. The number of esters is 1. The molecule has 1 rings (SSSR count).